The fourth-order valence-electron chi connectivity index (χ4n) is 2.72. The van der Waals surface area contributed by atoms with Gasteiger partial charge in [-0.05, 0) is 37.1 Å². The Hall–Kier alpha value is -2.38. The summed E-state index contributed by atoms with van der Waals surface area (Å²) < 4.78 is 26.5. The van der Waals surface area contributed by atoms with E-state index in [0.29, 0.717) is 11.4 Å². The second kappa shape index (κ2) is 9.71. The van der Waals surface area contributed by atoms with Gasteiger partial charge in [0.2, 0.25) is 10.0 Å². The zero-order valence-electron chi connectivity index (χ0n) is 17.3. The van der Waals surface area contributed by atoms with Crippen LogP contribution in [-0.4, -0.2) is 50.8 Å². The summed E-state index contributed by atoms with van der Waals surface area (Å²) in [6.07, 6.45) is 0. The SMILES string of the molecule is CN=C(NCc1ccc(S(=O)(=O)N(C)C(C)C)cc1)N(C)Cc1ccccc1. The van der Waals surface area contributed by atoms with Gasteiger partial charge >= 0.3 is 0 Å². The van der Waals surface area contributed by atoms with Crippen LogP contribution < -0.4 is 5.32 Å². The van der Waals surface area contributed by atoms with Crippen LogP contribution in [-0.2, 0) is 23.1 Å². The van der Waals surface area contributed by atoms with Crippen LogP contribution in [0.25, 0.3) is 0 Å². The van der Waals surface area contributed by atoms with E-state index in [1.54, 1.807) is 26.2 Å². The first kappa shape index (κ1) is 21.9. The Balaban J connectivity index is 2.00. The van der Waals surface area contributed by atoms with Crippen LogP contribution in [0.15, 0.2) is 64.5 Å². The molecule has 2 rings (SSSR count). The van der Waals surface area contributed by atoms with Gasteiger partial charge in [-0.1, -0.05) is 42.5 Å². The molecule has 0 bridgehead atoms. The van der Waals surface area contributed by atoms with E-state index >= 15 is 0 Å². The molecule has 7 heteroatoms. The molecule has 0 spiro atoms. The highest BCUT2D eigenvalue weighted by Gasteiger charge is 2.22. The predicted molar refractivity (Wildman–Crippen MR) is 115 cm³/mol. The lowest BCUT2D eigenvalue weighted by molar-refractivity contribution is 0.410. The molecule has 0 radical (unpaired) electrons. The highest BCUT2D eigenvalue weighted by molar-refractivity contribution is 7.89. The van der Waals surface area contributed by atoms with Gasteiger partial charge in [0, 0.05) is 40.3 Å². The third-order valence-corrected chi connectivity index (χ3v) is 6.66. The summed E-state index contributed by atoms with van der Waals surface area (Å²) in [5.41, 5.74) is 2.19. The maximum atomic E-state index is 12.5. The van der Waals surface area contributed by atoms with Gasteiger partial charge in [0.15, 0.2) is 5.96 Å². The summed E-state index contributed by atoms with van der Waals surface area (Å²) >= 11 is 0. The van der Waals surface area contributed by atoms with E-state index in [0.717, 1.165) is 18.1 Å². The maximum Gasteiger partial charge on any atom is 0.243 e. The first-order valence-electron chi connectivity index (χ1n) is 9.28. The molecule has 0 atom stereocenters. The monoisotopic (exact) mass is 402 g/mol. The van der Waals surface area contributed by atoms with Crippen LogP contribution in [0, 0.1) is 0 Å². The largest absolute Gasteiger partial charge is 0.352 e. The van der Waals surface area contributed by atoms with Crippen LogP contribution >= 0.6 is 0 Å². The topological polar surface area (TPSA) is 65.0 Å². The van der Waals surface area contributed by atoms with Crippen LogP contribution in [0.5, 0.6) is 0 Å². The van der Waals surface area contributed by atoms with Gasteiger partial charge in [0.25, 0.3) is 0 Å². The van der Waals surface area contributed by atoms with E-state index in [2.05, 4.69) is 22.4 Å². The Bertz CT molecular complexity index is 878. The van der Waals surface area contributed by atoms with Gasteiger partial charge in [0.05, 0.1) is 4.90 Å². The summed E-state index contributed by atoms with van der Waals surface area (Å²) in [7, 11) is 1.88. The Kier molecular flexibility index (Phi) is 7.60. The number of guanidine groups is 1. The summed E-state index contributed by atoms with van der Waals surface area (Å²) in [5, 5.41) is 3.32. The minimum atomic E-state index is -3.46. The van der Waals surface area contributed by atoms with E-state index in [1.165, 1.54) is 9.87 Å². The molecule has 0 saturated carbocycles. The molecule has 6 nitrogen and oxygen atoms in total. The lowest BCUT2D eigenvalue weighted by Crippen LogP contribution is -2.38. The molecule has 28 heavy (non-hydrogen) atoms. The molecule has 0 fully saturated rings. The Morgan fingerprint density at radius 2 is 1.61 bits per heavy atom. The zero-order valence-corrected chi connectivity index (χ0v) is 18.1. The molecule has 0 saturated heterocycles. The minimum Gasteiger partial charge on any atom is -0.352 e. The van der Waals surface area contributed by atoms with Crippen molar-refractivity contribution in [2.45, 2.75) is 37.9 Å². The maximum absolute atomic E-state index is 12.5. The number of nitrogens with zero attached hydrogens (tertiary/aromatic N) is 3. The van der Waals surface area contributed by atoms with Crippen molar-refractivity contribution in [3.63, 3.8) is 0 Å². The number of hydrogen-bond donors (Lipinski definition) is 1. The van der Waals surface area contributed by atoms with Gasteiger partial charge in [-0.25, -0.2) is 8.42 Å². The first-order valence-corrected chi connectivity index (χ1v) is 10.7. The van der Waals surface area contributed by atoms with Crippen LogP contribution in [0.2, 0.25) is 0 Å². The highest BCUT2D eigenvalue weighted by atomic mass is 32.2. The van der Waals surface area contributed by atoms with Gasteiger partial charge in [-0.2, -0.15) is 4.31 Å². The van der Waals surface area contributed by atoms with Crippen LogP contribution in [0.3, 0.4) is 0 Å². The molecule has 0 aliphatic carbocycles. The number of hydrogen-bond acceptors (Lipinski definition) is 3. The number of rotatable bonds is 7. The van der Waals surface area contributed by atoms with E-state index in [-0.39, 0.29) is 6.04 Å². The van der Waals surface area contributed by atoms with Gasteiger partial charge < -0.3 is 10.2 Å². The Labute approximate surface area is 168 Å². The minimum absolute atomic E-state index is 0.0881. The number of sulfonamides is 1. The molecule has 2 aromatic rings. The smallest absolute Gasteiger partial charge is 0.243 e. The molecule has 0 heterocycles. The van der Waals surface area contributed by atoms with E-state index < -0.39 is 10.0 Å². The van der Waals surface area contributed by atoms with E-state index in [9.17, 15) is 8.42 Å². The average molecular weight is 403 g/mol. The van der Waals surface area contributed by atoms with Gasteiger partial charge in [-0.3, -0.25) is 4.99 Å². The number of nitrogens with one attached hydrogen (secondary N) is 1. The van der Waals surface area contributed by atoms with Crippen molar-refractivity contribution in [3.05, 3.63) is 65.7 Å². The standard InChI is InChI=1S/C21H30N4O2S/c1-17(2)25(5)28(26,27)20-13-11-18(12-14-20)15-23-21(22-3)24(4)16-19-9-7-6-8-10-19/h6-14,17H,15-16H2,1-5H3,(H,22,23). The third-order valence-electron chi connectivity index (χ3n) is 4.61. The van der Waals surface area contributed by atoms with Crippen LogP contribution in [0.1, 0.15) is 25.0 Å². The number of aliphatic imine (C=N–C) groups is 1. The van der Waals surface area contributed by atoms with E-state index in [4.69, 9.17) is 0 Å². The fraction of sp³-hybridized carbons (Fsp3) is 0.381. The van der Waals surface area contributed by atoms with Crippen molar-refractivity contribution >= 4 is 16.0 Å². The summed E-state index contributed by atoms with van der Waals surface area (Å²) in [4.78, 5) is 6.68. The lowest BCUT2D eigenvalue weighted by Gasteiger charge is -2.22. The third kappa shape index (κ3) is 5.56. The predicted octanol–water partition coefficient (Wildman–Crippen LogP) is 2.92. The van der Waals surface area contributed by atoms with Crippen molar-refractivity contribution in [2.75, 3.05) is 21.1 Å². The van der Waals surface area contributed by atoms with E-state index in [1.807, 2.05) is 56.1 Å². The molecule has 0 amide bonds. The van der Waals surface area contributed by atoms with Crippen LogP contribution in [0.4, 0.5) is 0 Å². The average Bonchev–Trinajstić information content (AvgIpc) is 2.68. The molecule has 1 N–H and O–H groups in total. The summed E-state index contributed by atoms with van der Waals surface area (Å²) in [6.45, 7) is 5.02. The fourth-order valence-corrected chi connectivity index (χ4v) is 4.09. The molecule has 0 aromatic heterocycles. The molecule has 0 aliphatic rings. The Morgan fingerprint density at radius 3 is 2.14 bits per heavy atom. The van der Waals surface area contributed by atoms with Crippen molar-refractivity contribution in [1.29, 1.82) is 0 Å². The number of benzene rings is 2. The molecular formula is C21H30N4O2S. The Morgan fingerprint density at radius 1 is 1.00 bits per heavy atom. The van der Waals surface area contributed by atoms with Crippen molar-refractivity contribution < 1.29 is 8.42 Å². The lowest BCUT2D eigenvalue weighted by atomic mass is 10.2. The summed E-state index contributed by atoms with van der Waals surface area (Å²) in [6, 6.07) is 17.1. The molecule has 0 aliphatic heterocycles. The summed E-state index contributed by atoms with van der Waals surface area (Å²) in [5.74, 6) is 0.778. The quantitative estimate of drug-likeness (QED) is 0.571. The van der Waals surface area contributed by atoms with Crippen molar-refractivity contribution in [1.82, 2.24) is 14.5 Å². The molecule has 0 unspecified atom stereocenters. The molecule has 2 aromatic carbocycles. The second-order valence-electron chi connectivity index (χ2n) is 7.00. The van der Waals surface area contributed by atoms with Gasteiger partial charge in [-0.15, -0.1) is 0 Å². The second-order valence-corrected chi connectivity index (χ2v) is 9.00. The van der Waals surface area contributed by atoms with Gasteiger partial charge in [0.1, 0.15) is 0 Å². The zero-order chi connectivity index (χ0) is 20.7. The molecule has 152 valence electrons. The molecular weight excluding hydrogens is 372 g/mol. The highest BCUT2D eigenvalue weighted by Crippen LogP contribution is 2.17. The van der Waals surface area contributed by atoms with Crippen molar-refractivity contribution in [2.24, 2.45) is 4.99 Å². The first-order chi connectivity index (χ1) is 13.3. The van der Waals surface area contributed by atoms with Crippen molar-refractivity contribution in [3.8, 4) is 0 Å². The normalized spacial score (nSPS) is 12.5.